The van der Waals surface area contributed by atoms with E-state index < -0.39 is 22.0 Å². The van der Waals surface area contributed by atoms with Gasteiger partial charge in [-0.1, -0.05) is 13.8 Å². The minimum absolute atomic E-state index is 0.123. The predicted octanol–water partition coefficient (Wildman–Crippen LogP) is -0.595. The number of carboxylic acid groups (broad SMARTS) is 1. The standard InChI is InChI=1S/C12H25N3O4S/c1-10(2)13-11(12(16)17)4-5-14-6-8-15(9-7-14)20(3,18)19/h10-11,13H,4-9H2,1-3H3,(H,16,17). The lowest BCUT2D eigenvalue weighted by Gasteiger charge is -2.33. The number of piperazine rings is 1. The van der Waals surface area contributed by atoms with Crippen molar-refractivity contribution in [3.63, 3.8) is 0 Å². The molecule has 7 nitrogen and oxygen atoms in total. The van der Waals surface area contributed by atoms with Crippen molar-refractivity contribution in [1.29, 1.82) is 0 Å². The van der Waals surface area contributed by atoms with Crippen LogP contribution in [0.1, 0.15) is 20.3 Å². The summed E-state index contributed by atoms with van der Waals surface area (Å²) < 4.78 is 24.2. The SMILES string of the molecule is CC(C)NC(CCN1CCN(S(C)(=O)=O)CC1)C(=O)O. The third-order valence-corrected chi connectivity index (χ3v) is 4.67. The summed E-state index contributed by atoms with van der Waals surface area (Å²) in [4.78, 5) is 13.2. The Morgan fingerprint density at radius 1 is 1.25 bits per heavy atom. The number of carbonyl (C=O) groups is 1. The molecule has 1 aliphatic rings. The van der Waals surface area contributed by atoms with Gasteiger partial charge in [0.2, 0.25) is 10.0 Å². The van der Waals surface area contributed by atoms with Gasteiger partial charge in [-0.25, -0.2) is 8.42 Å². The van der Waals surface area contributed by atoms with Gasteiger partial charge in [-0.2, -0.15) is 4.31 Å². The second kappa shape index (κ2) is 7.35. The summed E-state index contributed by atoms with van der Waals surface area (Å²) in [5.41, 5.74) is 0. The van der Waals surface area contributed by atoms with E-state index in [1.54, 1.807) is 0 Å². The number of hydrogen-bond acceptors (Lipinski definition) is 5. The van der Waals surface area contributed by atoms with Crippen LogP contribution in [-0.4, -0.2) is 79.8 Å². The van der Waals surface area contributed by atoms with Crippen molar-refractivity contribution in [1.82, 2.24) is 14.5 Å². The van der Waals surface area contributed by atoms with E-state index >= 15 is 0 Å². The van der Waals surface area contributed by atoms with E-state index in [1.165, 1.54) is 10.6 Å². The van der Waals surface area contributed by atoms with Gasteiger partial charge in [-0.05, 0) is 6.42 Å². The highest BCUT2D eigenvalue weighted by Crippen LogP contribution is 2.07. The number of rotatable bonds is 7. The summed E-state index contributed by atoms with van der Waals surface area (Å²) in [7, 11) is -3.11. The Morgan fingerprint density at radius 2 is 1.80 bits per heavy atom. The van der Waals surface area contributed by atoms with Gasteiger partial charge in [-0.3, -0.25) is 4.79 Å². The van der Waals surface area contributed by atoms with Gasteiger partial charge in [0.1, 0.15) is 6.04 Å². The van der Waals surface area contributed by atoms with E-state index in [1.807, 2.05) is 13.8 Å². The molecule has 1 aliphatic heterocycles. The smallest absolute Gasteiger partial charge is 0.320 e. The minimum atomic E-state index is -3.11. The average molecular weight is 307 g/mol. The van der Waals surface area contributed by atoms with Gasteiger partial charge >= 0.3 is 5.97 Å². The van der Waals surface area contributed by atoms with Crippen molar-refractivity contribution in [3.05, 3.63) is 0 Å². The molecule has 1 fully saturated rings. The molecule has 0 radical (unpaired) electrons. The molecule has 0 aromatic heterocycles. The first kappa shape index (κ1) is 17.4. The highest BCUT2D eigenvalue weighted by molar-refractivity contribution is 7.88. The largest absolute Gasteiger partial charge is 0.480 e. The average Bonchev–Trinajstić information content (AvgIpc) is 2.33. The van der Waals surface area contributed by atoms with Gasteiger partial charge in [0.25, 0.3) is 0 Å². The van der Waals surface area contributed by atoms with Crippen molar-refractivity contribution in [2.45, 2.75) is 32.4 Å². The van der Waals surface area contributed by atoms with E-state index in [9.17, 15) is 13.2 Å². The van der Waals surface area contributed by atoms with Gasteiger partial charge in [0, 0.05) is 38.8 Å². The molecule has 1 heterocycles. The van der Waals surface area contributed by atoms with E-state index in [4.69, 9.17) is 5.11 Å². The Hall–Kier alpha value is -0.700. The molecule has 1 saturated heterocycles. The van der Waals surface area contributed by atoms with Gasteiger partial charge in [0.15, 0.2) is 0 Å². The van der Waals surface area contributed by atoms with Gasteiger partial charge in [-0.15, -0.1) is 0 Å². The third kappa shape index (κ3) is 5.74. The second-order valence-electron chi connectivity index (χ2n) is 5.50. The molecule has 0 aromatic carbocycles. The van der Waals surface area contributed by atoms with Crippen LogP contribution in [-0.2, 0) is 14.8 Å². The molecule has 0 amide bonds. The van der Waals surface area contributed by atoms with Crippen LogP contribution in [0, 0.1) is 0 Å². The maximum absolute atomic E-state index is 11.4. The fourth-order valence-electron chi connectivity index (χ4n) is 2.28. The second-order valence-corrected chi connectivity index (χ2v) is 7.49. The first-order valence-corrected chi connectivity index (χ1v) is 8.71. The van der Waals surface area contributed by atoms with E-state index in [2.05, 4.69) is 10.2 Å². The van der Waals surface area contributed by atoms with Crippen molar-refractivity contribution in [2.24, 2.45) is 0 Å². The van der Waals surface area contributed by atoms with Crippen molar-refractivity contribution >= 4 is 16.0 Å². The number of hydrogen-bond donors (Lipinski definition) is 2. The molecule has 0 aromatic rings. The Kier molecular flexibility index (Phi) is 6.38. The number of sulfonamides is 1. The van der Waals surface area contributed by atoms with Gasteiger partial charge in [0.05, 0.1) is 6.26 Å². The summed E-state index contributed by atoms with van der Waals surface area (Å²) >= 11 is 0. The highest BCUT2D eigenvalue weighted by Gasteiger charge is 2.25. The molecule has 0 saturated carbocycles. The summed E-state index contributed by atoms with van der Waals surface area (Å²) in [6.07, 6.45) is 1.74. The molecule has 0 aliphatic carbocycles. The summed E-state index contributed by atoms with van der Waals surface area (Å²) in [6, 6.07) is -0.430. The molecule has 0 spiro atoms. The molecular formula is C12H25N3O4S. The number of nitrogens with one attached hydrogen (secondary N) is 1. The number of nitrogens with zero attached hydrogens (tertiary/aromatic N) is 2. The van der Waals surface area contributed by atoms with Crippen LogP contribution in [0.4, 0.5) is 0 Å². The van der Waals surface area contributed by atoms with Crippen LogP contribution in [0.5, 0.6) is 0 Å². The molecule has 2 N–H and O–H groups in total. The zero-order valence-electron chi connectivity index (χ0n) is 12.4. The first-order valence-electron chi connectivity index (χ1n) is 6.86. The molecule has 1 atom stereocenters. The fraction of sp³-hybridized carbons (Fsp3) is 0.917. The number of carboxylic acids is 1. The molecular weight excluding hydrogens is 282 g/mol. The van der Waals surface area contributed by atoms with Crippen molar-refractivity contribution < 1.29 is 18.3 Å². The van der Waals surface area contributed by atoms with Crippen LogP contribution >= 0.6 is 0 Å². The lowest BCUT2D eigenvalue weighted by molar-refractivity contribution is -0.140. The highest BCUT2D eigenvalue weighted by atomic mass is 32.2. The maximum Gasteiger partial charge on any atom is 0.320 e. The third-order valence-electron chi connectivity index (χ3n) is 3.37. The molecule has 8 heteroatoms. The van der Waals surface area contributed by atoms with Gasteiger partial charge < -0.3 is 15.3 Å². The van der Waals surface area contributed by atoms with Crippen LogP contribution in [0.2, 0.25) is 0 Å². The van der Waals surface area contributed by atoms with Crippen LogP contribution in [0.25, 0.3) is 0 Å². The summed E-state index contributed by atoms with van der Waals surface area (Å²) in [5.74, 6) is -0.839. The van der Waals surface area contributed by atoms with Crippen LogP contribution in [0.3, 0.4) is 0 Å². The summed E-state index contributed by atoms with van der Waals surface area (Å²) in [6.45, 7) is 6.76. The lowest BCUT2D eigenvalue weighted by atomic mass is 10.1. The monoisotopic (exact) mass is 307 g/mol. The van der Waals surface area contributed by atoms with E-state index in [-0.39, 0.29) is 6.04 Å². The zero-order valence-corrected chi connectivity index (χ0v) is 13.2. The first-order chi connectivity index (χ1) is 9.20. The van der Waals surface area contributed by atoms with E-state index in [0.29, 0.717) is 39.1 Å². The Bertz CT molecular complexity index is 416. The fourth-order valence-corrected chi connectivity index (χ4v) is 3.10. The number of aliphatic carboxylic acids is 1. The lowest BCUT2D eigenvalue weighted by Crippen LogP contribution is -2.50. The zero-order chi connectivity index (χ0) is 15.3. The molecule has 0 bridgehead atoms. The Balaban J connectivity index is 2.38. The molecule has 118 valence electrons. The van der Waals surface area contributed by atoms with Crippen molar-refractivity contribution in [2.75, 3.05) is 39.0 Å². The van der Waals surface area contributed by atoms with E-state index in [0.717, 1.165) is 0 Å². The normalized spacial score (nSPS) is 20.2. The molecule has 1 rings (SSSR count). The maximum atomic E-state index is 11.4. The predicted molar refractivity (Wildman–Crippen MR) is 77.2 cm³/mol. The molecule has 1 unspecified atom stereocenters. The van der Waals surface area contributed by atoms with Crippen LogP contribution < -0.4 is 5.32 Å². The quantitative estimate of drug-likeness (QED) is 0.653. The Morgan fingerprint density at radius 3 is 2.20 bits per heavy atom. The Labute approximate surface area is 121 Å². The topological polar surface area (TPSA) is 90.0 Å². The summed E-state index contributed by atoms with van der Waals surface area (Å²) in [5, 5.41) is 12.2. The molecule has 20 heavy (non-hydrogen) atoms. The van der Waals surface area contributed by atoms with Crippen LogP contribution in [0.15, 0.2) is 0 Å². The van der Waals surface area contributed by atoms with Crippen molar-refractivity contribution in [3.8, 4) is 0 Å². The minimum Gasteiger partial charge on any atom is -0.480 e.